The van der Waals surface area contributed by atoms with Crippen LogP contribution in [0.2, 0.25) is 5.02 Å². The van der Waals surface area contributed by atoms with Crippen molar-refractivity contribution in [3.63, 3.8) is 0 Å². The quantitative estimate of drug-likeness (QED) is 0.320. The minimum Gasteiger partial charge on any atom is -0.184 e. The van der Waals surface area contributed by atoms with E-state index in [1.807, 2.05) is 0 Å². The topological polar surface area (TPSA) is 0 Å². The second kappa shape index (κ2) is 4.39. The predicted molar refractivity (Wildman–Crippen MR) is 30.3 cm³/mol. The average molecular weight is 135 g/mol. The Morgan fingerprint density at radius 3 is 2.00 bits per heavy atom. The Hall–Kier alpha value is 0.510. The third kappa shape index (κ3) is 2.73. The second-order valence-corrected chi connectivity index (χ2v) is 1.65. The van der Waals surface area contributed by atoms with E-state index >= 15 is 0 Å². The summed E-state index contributed by atoms with van der Waals surface area (Å²) in [5.74, 6) is 0. The summed E-state index contributed by atoms with van der Waals surface area (Å²) in [7, 11) is 0. The molecule has 0 bridgehead atoms. The maximum absolute atomic E-state index is 5.52. The van der Waals surface area contributed by atoms with Crippen LogP contribution in [-0.4, -0.2) is 0 Å². The molecule has 1 aromatic carbocycles. The van der Waals surface area contributed by atoms with Gasteiger partial charge in [-0.15, -0.1) is 11.6 Å². The zero-order chi connectivity index (χ0) is 5.11. The van der Waals surface area contributed by atoms with Crippen LogP contribution in [0.5, 0.6) is 0 Å². The molecule has 0 atom stereocenters. The molecule has 0 aliphatic heterocycles. The van der Waals surface area contributed by atoms with E-state index in [0.717, 1.165) is 5.02 Å². The molecule has 0 unspecified atom stereocenters. The average Bonchev–Trinajstić information content (AvgIpc) is 1.69. The molecule has 0 fully saturated rings. The summed E-state index contributed by atoms with van der Waals surface area (Å²) in [4.78, 5) is 0. The summed E-state index contributed by atoms with van der Waals surface area (Å²) >= 11 is 5.52. The molecule has 0 saturated carbocycles. The third-order valence-corrected chi connectivity index (χ3v) is 0.930. The first-order valence-electron chi connectivity index (χ1n) is 2.01. The first-order valence-corrected chi connectivity index (χ1v) is 2.39. The van der Waals surface area contributed by atoms with Crippen molar-refractivity contribution in [2.75, 3.05) is 0 Å². The molecule has 1 aromatic rings. The molecule has 0 aliphatic carbocycles. The molecule has 2 heteroatoms. The third-order valence-electron chi connectivity index (χ3n) is 0.678. The molecule has 0 N–H and O–H groups in total. The summed E-state index contributed by atoms with van der Waals surface area (Å²) in [6.07, 6.45) is 0. The van der Waals surface area contributed by atoms with Gasteiger partial charge in [-0.1, -0.05) is 5.02 Å². The molecule has 0 radical (unpaired) electrons. The second-order valence-electron chi connectivity index (χ2n) is 1.22. The number of hydrogen-bond donors (Lipinski definition) is 0. The molecule has 0 saturated heterocycles. The van der Waals surface area contributed by atoms with Gasteiger partial charge in [-0.25, -0.2) is 0 Å². The van der Waals surface area contributed by atoms with Crippen LogP contribution in [0.3, 0.4) is 0 Å². The van der Waals surface area contributed by atoms with Crippen LogP contribution in [0.1, 0.15) is 0 Å². The maximum atomic E-state index is 5.52. The molecular formula is C6H4ClNa. The minimum absolute atomic E-state index is 0. The van der Waals surface area contributed by atoms with Crippen molar-refractivity contribution >= 4 is 11.6 Å². The number of halogens is 1. The Balaban J connectivity index is 0.000000490. The van der Waals surface area contributed by atoms with Crippen LogP contribution < -0.4 is 29.6 Å². The maximum Gasteiger partial charge on any atom is 1.00 e. The van der Waals surface area contributed by atoms with Crippen molar-refractivity contribution in [3.8, 4) is 0 Å². The molecule has 36 valence electrons. The van der Waals surface area contributed by atoms with E-state index in [9.17, 15) is 0 Å². The van der Waals surface area contributed by atoms with E-state index in [2.05, 4.69) is 6.07 Å². The van der Waals surface area contributed by atoms with Gasteiger partial charge in [0.2, 0.25) is 0 Å². The van der Waals surface area contributed by atoms with Crippen LogP contribution in [0.4, 0.5) is 0 Å². The summed E-state index contributed by atoms with van der Waals surface area (Å²) < 4.78 is 0. The van der Waals surface area contributed by atoms with Gasteiger partial charge in [-0.3, -0.25) is 0 Å². The van der Waals surface area contributed by atoms with E-state index in [1.54, 1.807) is 24.3 Å². The summed E-state index contributed by atoms with van der Waals surface area (Å²) in [5, 5.41) is 0.763. The Bertz CT molecular complexity index is 138. The fraction of sp³-hybridized carbons (Fsp3) is 0. The van der Waals surface area contributed by atoms with E-state index in [1.165, 1.54) is 0 Å². The van der Waals surface area contributed by atoms with Crippen molar-refractivity contribution < 1.29 is 29.6 Å². The van der Waals surface area contributed by atoms with Crippen molar-refractivity contribution in [2.45, 2.75) is 0 Å². The number of benzene rings is 1. The summed E-state index contributed by atoms with van der Waals surface area (Å²) in [5.41, 5.74) is 0. The number of rotatable bonds is 0. The van der Waals surface area contributed by atoms with Gasteiger partial charge in [-0.05, 0) is 0 Å². The van der Waals surface area contributed by atoms with Gasteiger partial charge >= 0.3 is 29.6 Å². The van der Waals surface area contributed by atoms with Gasteiger partial charge in [0.15, 0.2) is 0 Å². The van der Waals surface area contributed by atoms with Gasteiger partial charge in [0, 0.05) is 0 Å². The SMILES string of the molecule is Clc1cc[c-]cc1.[Na+]. The predicted octanol–water partition coefficient (Wildman–Crippen LogP) is -0.856. The molecule has 0 amide bonds. The molecule has 0 spiro atoms. The molecular weight excluding hydrogens is 131 g/mol. The van der Waals surface area contributed by atoms with Crippen LogP contribution >= 0.6 is 11.6 Å². The standard InChI is InChI=1S/C6H4Cl.Na/c7-6-4-2-1-3-5-6;/h2-5H;/q-1;+1. The normalized spacial score (nSPS) is 7.62. The van der Waals surface area contributed by atoms with Crippen LogP contribution in [0.15, 0.2) is 24.3 Å². The van der Waals surface area contributed by atoms with Crippen molar-refractivity contribution in [3.05, 3.63) is 35.4 Å². The largest absolute Gasteiger partial charge is 1.00 e. The molecule has 0 nitrogen and oxygen atoms in total. The van der Waals surface area contributed by atoms with Crippen molar-refractivity contribution in [2.24, 2.45) is 0 Å². The van der Waals surface area contributed by atoms with E-state index < -0.39 is 0 Å². The summed E-state index contributed by atoms with van der Waals surface area (Å²) in [6.45, 7) is 0. The van der Waals surface area contributed by atoms with Crippen LogP contribution in [0.25, 0.3) is 0 Å². The molecule has 0 aromatic heterocycles. The van der Waals surface area contributed by atoms with E-state index in [0.29, 0.717) is 0 Å². The van der Waals surface area contributed by atoms with E-state index in [4.69, 9.17) is 11.6 Å². The Labute approximate surface area is 76.1 Å². The Morgan fingerprint density at radius 2 is 1.75 bits per heavy atom. The van der Waals surface area contributed by atoms with Gasteiger partial charge < -0.3 is 0 Å². The van der Waals surface area contributed by atoms with Crippen molar-refractivity contribution in [1.29, 1.82) is 0 Å². The van der Waals surface area contributed by atoms with Crippen molar-refractivity contribution in [1.82, 2.24) is 0 Å². The van der Waals surface area contributed by atoms with Gasteiger partial charge in [0.1, 0.15) is 0 Å². The zero-order valence-electron chi connectivity index (χ0n) is 4.69. The minimum atomic E-state index is 0. The monoisotopic (exact) mass is 134 g/mol. The molecule has 8 heavy (non-hydrogen) atoms. The number of hydrogen-bond acceptors (Lipinski definition) is 0. The summed E-state index contributed by atoms with van der Waals surface area (Å²) in [6, 6.07) is 10.00. The van der Waals surface area contributed by atoms with Gasteiger partial charge in [0.05, 0.1) is 0 Å². The Kier molecular flexibility index (Phi) is 4.68. The Morgan fingerprint density at radius 1 is 1.25 bits per heavy atom. The van der Waals surface area contributed by atoms with Crippen LogP contribution in [0, 0.1) is 6.07 Å². The van der Waals surface area contributed by atoms with Gasteiger partial charge in [0.25, 0.3) is 0 Å². The first kappa shape index (κ1) is 8.51. The molecule has 0 heterocycles. The smallest absolute Gasteiger partial charge is 0.184 e. The van der Waals surface area contributed by atoms with Gasteiger partial charge in [-0.2, -0.15) is 30.3 Å². The zero-order valence-corrected chi connectivity index (χ0v) is 7.44. The van der Waals surface area contributed by atoms with Crippen LogP contribution in [-0.2, 0) is 0 Å². The molecule has 0 aliphatic rings. The fourth-order valence-electron chi connectivity index (χ4n) is 0.367. The fourth-order valence-corrected chi connectivity index (χ4v) is 0.493. The molecule has 1 rings (SSSR count). The van der Waals surface area contributed by atoms with E-state index in [-0.39, 0.29) is 29.6 Å². The first-order chi connectivity index (χ1) is 3.39.